The Labute approximate surface area is 117 Å². The highest BCUT2D eigenvalue weighted by molar-refractivity contribution is 5.46. The summed E-state index contributed by atoms with van der Waals surface area (Å²) in [7, 11) is 0. The molecule has 1 fully saturated rings. The minimum atomic E-state index is 0.264. The summed E-state index contributed by atoms with van der Waals surface area (Å²) < 4.78 is 5.28. The van der Waals surface area contributed by atoms with Crippen LogP contribution >= 0.6 is 0 Å². The summed E-state index contributed by atoms with van der Waals surface area (Å²) in [6.45, 7) is 3.66. The van der Waals surface area contributed by atoms with Crippen molar-refractivity contribution in [2.75, 3.05) is 18.0 Å². The predicted molar refractivity (Wildman–Crippen MR) is 72.2 cm³/mol. The van der Waals surface area contributed by atoms with Crippen molar-refractivity contribution in [3.63, 3.8) is 0 Å². The Morgan fingerprint density at radius 3 is 3.00 bits per heavy atom. The lowest BCUT2D eigenvalue weighted by atomic mass is 9.97. The van der Waals surface area contributed by atoms with Crippen LogP contribution in [0.15, 0.2) is 22.9 Å². The van der Waals surface area contributed by atoms with Gasteiger partial charge in [-0.25, -0.2) is 4.98 Å². The van der Waals surface area contributed by atoms with E-state index < -0.39 is 0 Å². The molecule has 1 aliphatic heterocycles. The summed E-state index contributed by atoms with van der Waals surface area (Å²) in [6.07, 6.45) is 3.88. The minimum absolute atomic E-state index is 0.264. The van der Waals surface area contributed by atoms with Crippen LogP contribution in [-0.2, 0) is 0 Å². The van der Waals surface area contributed by atoms with E-state index in [0.29, 0.717) is 17.4 Å². The Morgan fingerprint density at radius 2 is 2.35 bits per heavy atom. The third-order valence-electron chi connectivity index (χ3n) is 3.54. The molecule has 2 aromatic rings. The molecule has 0 amide bonds. The van der Waals surface area contributed by atoms with E-state index in [4.69, 9.17) is 9.78 Å². The number of pyridine rings is 1. The van der Waals surface area contributed by atoms with Crippen molar-refractivity contribution in [2.24, 2.45) is 0 Å². The topological polar surface area (TPSA) is 78.8 Å². The number of nitriles is 1. The first kappa shape index (κ1) is 12.6. The molecule has 102 valence electrons. The summed E-state index contributed by atoms with van der Waals surface area (Å²) in [6, 6.07) is 5.71. The molecule has 2 aromatic heterocycles. The maximum absolute atomic E-state index is 8.78. The lowest BCUT2D eigenvalue weighted by Crippen LogP contribution is -2.34. The van der Waals surface area contributed by atoms with Gasteiger partial charge in [-0.3, -0.25) is 0 Å². The standard InChI is InChI=1S/C14H15N5O/c1-10-17-14(20-18-10)11-3-2-6-19(9-11)13-5-4-12(7-15)16-8-13/h4-5,8,11H,2-3,6,9H2,1H3. The van der Waals surface area contributed by atoms with Crippen LogP contribution in [0.5, 0.6) is 0 Å². The number of anilines is 1. The molecule has 3 rings (SSSR count). The van der Waals surface area contributed by atoms with Crippen molar-refractivity contribution in [1.82, 2.24) is 15.1 Å². The van der Waals surface area contributed by atoms with Crippen molar-refractivity contribution in [3.05, 3.63) is 35.7 Å². The largest absolute Gasteiger partial charge is 0.369 e. The molecular weight excluding hydrogens is 254 g/mol. The average Bonchev–Trinajstić information content (AvgIpc) is 2.94. The number of rotatable bonds is 2. The summed E-state index contributed by atoms with van der Waals surface area (Å²) in [4.78, 5) is 10.7. The molecule has 6 nitrogen and oxygen atoms in total. The molecule has 1 unspecified atom stereocenters. The highest BCUT2D eigenvalue weighted by Crippen LogP contribution is 2.28. The molecule has 0 spiro atoms. The minimum Gasteiger partial charge on any atom is -0.369 e. The Morgan fingerprint density at radius 1 is 1.45 bits per heavy atom. The van der Waals surface area contributed by atoms with Crippen molar-refractivity contribution >= 4 is 5.69 Å². The summed E-state index contributed by atoms with van der Waals surface area (Å²) >= 11 is 0. The quantitative estimate of drug-likeness (QED) is 0.830. The van der Waals surface area contributed by atoms with Gasteiger partial charge in [0.1, 0.15) is 11.8 Å². The second kappa shape index (κ2) is 5.29. The van der Waals surface area contributed by atoms with Gasteiger partial charge in [0.25, 0.3) is 0 Å². The third kappa shape index (κ3) is 2.48. The number of hydrogen-bond acceptors (Lipinski definition) is 6. The number of piperidine rings is 1. The van der Waals surface area contributed by atoms with E-state index in [1.54, 1.807) is 12.3 Å². The molecule has 0 aliphatic carbocycles. The van der Waals surface area contributed by atoms with Gasteiger partial charge in [-0.05, 0) is 31.9 Å². The van der Waals surface area contributed by atoms with Crippen molar-refractivity contribution in [3.8, 4) is 6.07 Å². The molecule has 1 aliphatic rings. The first-order valence-corrected chi connectivity index (χ1v) is 6.67. The van der Waals surface area contributed by atoms with Crippen LogP contribution in [0.3, 0.4) is 0 Å². The monoisotopic (exact) mass is 269 g/mol. The van der Waals surface area contributed by atoms with Crippen LogP contribution in [0.25, 0.3) is 0 Å². The second-order valence-electron chi connectivity index (χ2n) is 4.98. The van der Waals surface area contributed by atoms with Gasteiger partial charge < -0.3 is 9.42 Å². The Hall–Kier alpha value is -2.42. The van der Waals surface area contributed by atoms with Gasteiger partial charge >= 0.3 is 0 Å². The van der Waals surface area contributed by atoms with Gasteiger partial charge in [0.2, 0.25) is 5.89 Å². The van der Waals surface area contributed by atoms with E-state index in [2.05, 4.69) is 20.0 Å². The van der Waals surface area contributed by atoms with Crippen LogP contribution in [-0.4, -0.2) is 28.2 Å². The second-order valence-corrected chi connectivity index (χ2v) is 4.98. The molecule has 1 atom stereocenters. The van der Waals surface area contributed by atoms with E-state index >= 15 is 0 Å². The molecule has 0 aromatic carbocycles. The normalized spacial score (nSPS) is 18.8. The van der Waals surface area contributed by atoms with Gasteiger partial charge in [-0.15, -0.1) is 0 Å². The molecule has 0 N–H and O–H groups in total. The van der Waals surface area contributed by atoms with Crippen LogP contribution in [0.4, 0.5) is 5.69 Å². The smallest absolute Gasteiger partial charge is 0.231 e. The van der Waals surface area contributed by atoms with E-state index in [9.17, 15) is 0 Å². The fraction of sp³-hybridized carbons (Fsp3) is 0.429. The van der Waals surface area contributed by atoms with Crippen LogP contribution < -0.4 is 4.90 Å². The van der Waals surface area contributed by atoms with Crippen LogP contribution in [0.1, 0.15) is 36.2 Å². The molecule has 6 heteroatoms. The lowest BCUT2D eigenvalue weighted by Gasteiger charge is -2.32. The van der Waals surface area contributed by atoms with E-state index in [0.717, 1.165) is 31.6 Å². The van der Waals surface area contributed by atoms with Crippen molar-refractivity contribution in [2.45, 2.75) is 25.7 Å². The lowest BCUT2D eigenvalue weighted by molar-refractivity contribution is 0.331. The van der Waals surface area contributed by atoms with Gasteiger partial charge in [0.15, 0.2) is 5.82 Å². The Kier molecular flexibility index (Phi) is 3.33. The average molecular weight is 269 g/mol. The molecule has 1 saturated heterocycles. The maximum Gasteiger partial charge on any atom is 0.231 e. The molecule has 0 saturated carbocycles. The van der Waals surface area contributed by atoms with Gasteiger partial charge in [-0.2, -0.15) is 10.2 Å². The molecule has 0 radical (unpaired) electrons. The summed E-state index contributed by atoms with van der Waals surface area (Å²) in [5.74, 6) is 1.66. The molecule has 0 bridgehead atoms. The van der Waals surface area contributed by atoms with E-state index in [1.807, 2.05) is 19.1 Å². The molecule has 20 heavy (non-hydrogen) atoms. The number of aryl methyl sites for hydroxylation is 1. The number of hydrogen-bond donors (Lipinski definition) is 0. The van der Waals surface area contributed by atoms with Gasteiger partial charge in [-0.1, -0.05) is 5.16 Å². The number of aromatic nitrogens is 3. The fourth-order valence-corrected chi connectivity index (χ4v) is 2.53. The number of nitrogens with zero attached hydrogens (tertiary/aromatic N) is 5. The van der Waals surface area contributed by atoms with Gasteiger partial charge in [0, 0.05) is 13.1 Å². The Balaban J connectivity index is 1.76. The summed E-state index contributed by atoms with van der Waals surface area (Å²) in [5, 5.41) is 12.6. The molecule has 3 heterocycles. The highest BCUT2D eigenvalue weighted by atomic mass is 16.5. The fourth-order valence-electron chi connectivity index (χ4n) is 2.53. The zero-order valence-corrected chi connectivity index (χ0v) is 11.3. The van der Waals surface area contributed by atoms with E-state index in [-0.39, 0.29) is 5.92 Å². The maximum atomic E-state index is 8.78. The SMILES string of the molecule is Cc1noc(C2CCCN(c3ccc(C#N)nc3)C2)n1. The van der Waals surface area contributed by atoms with Gasteiger partial charge in [0.05, 0.1) is 17.8 Å². The summed E-state index contributed by atoms with van der Waals surface area (Å²) in [5.41, 5.74) is 1.47. The van der Waals surface area contributed by atoms with Crippen LogP contribution in [0, 0.1) is 18.3 Å². The zero-order valence-electron chi connectivity index (χ0n) is 11.3. The molecular formula is C14H15N5O. The predicted octanol–water partition coefficient (Wildman–Crippen LogP) is 2.03. The zero-order chi connectivity index (χ0) is 13.9. The van der Waals surface area contributed by atoms with Crippen LogP contribution in [0.2, 0.25) is 0 Å². The Bertz CT molecular complexity index is 628. The first-order chi connectivity index (χ1) is 9.76. The van der Waals surface area contributed by atoms with Crippen molar-refractivity contribution < 1.29 is 4.52 Å². The first-order valence-electron chi connectivity index (χ1n) is 6.67. The van der Waals surface area contributed by atoms with E-state index in [1.165, 1.54) is 0 Å². The highest BCUT2D eigenvalue weighted by Gasteiger charge is 2.25. The third-order valence-corrected chi connectivity index (χ3v) is 3.54. The van der Waals surface area contributed by atoms with Crippen molar-refractivity contribution in [1.29, 1.82) is 5.26 Å².